The standard InChI is InChI=1S/C10H17NO3.CH4/c1-10(2,3)14-9(13)11-8-4-7(5-8)6-12;/h6-8H,4-5H2,1-3H3,(H,11,13);1H4. The van der Waals surface area contributed by atoms with Crippen LogP contribution in [0.3, 0.4) is 0 Å². The average Bonchev–Trinajstić information content (AvgIpc) is 1.91. The highest BCUT2D eigenvalue weighted by Gasteiger charge is 2.31. The molecule has 1 saturated carbocycles. The first kappa shape index (κ1) is 13.9. The molecule has 0 unspecified atom stereocenters. The molecule has 1 N–H and O–H groups in total. The smallest absolute Gasteiger partial charge is 0.407 e. The maximum Gasteiger partial charge on any atom is 0.407 e. The third kappa shape index (κ3) is 4.81. The Morgan fingerprint density at radius 3 is 2.33 bits per heavy atom. The summed E-state index contributed by atoms with van der Waals surface area (Å²) in [6.07, 6.45) is 2.02. The van der Waals surface area contributed by atoms with E-state index in [-0.39, 0.29) is 19.4 Å². The van der Waals surface area contributed by atoms with Gasteiger partial charge < -0.3 is 14.8 Å². The fourth-order valence-electron chi connectivity index (χ4n) is 1.37. The molecule has 0 heterocycles. The van der Waals surface area contributed by atoms with Gasteiger partial charge in [-0.15, -0.1) is 0 Å². The molecule has 0 aromatic carbocycles. The molecule has 1 aliphatic carbocycles. The van der Waals surface area contributed by atoms with Crippen LogP contribution in [0, 0.1) is 5.92 Å². The molecular weight excluding hydrogens is 194 g/mol. The van der Waals surface area contributed by atoms with Crippen LogP contribution >= 0.6 is 0 Å². The predicted octanol–water partition coefficient (Wildman–Crippen LogP) is 2.12. The Kier molecular flexibility index (Phi) is 4.78. The molecule has 1 aliphatic rings. The van der Waals surface area contributed by atoms with E-state index in [2.05, 4.69) is 5.32 Å². The van der Waals surface area contributed by atoms with Crippen molar-refractivity contribution in [3.05, 3.63) is 0 Å². The van der Waals surface area contributed by atoms with Gasteiger partial charge in [0.1, 0.15) is 11.9 Å². The fraction of sp³-hybridized carbons (Fsp3) is 0.818. The summed E-state index contributed by atoms with van der Waals surface area (Å²) in [5.74, 6) is 0.120. The molecule has 1 fully saturated rings. The zero-order valence-corrected chi connectivity index (χ0v) is 8.87. The number of nitrogens with one attached hydrogen (secondary N) is 1. The summed E-state index contributed by atoms with van der Waals surface area (Å²) < 4.78 is 5.07. The number of rotatable bonds is 2. The van der Waals surface area contributed by atoms with Gasteiger partial charge in [0.15, 0.2) is 0 Å². The lowest BCUT2D eigenvalue weighted by atomic mass is 9.81. The second-order valence-corrected chi connectivity index (χ2v) is 4.71. The quantitative estimate of drug-likeness (QED) is 0.718. The maximum atomic E-state index is 11.2. The van der Waals surface area contributed by atoms with Gasteiger partial charge in [0.05, 0.1) is 0 Å². The second kappa shape index (κ2) is 5.14. The van der Waals surface area contributed by atoms with Gasteiger partial charge in [-0.25, -0.2) is 4.79 Å². The summed E-state index contributed by atoms with van der Waals surface area (Å²) in [7, 11) is 0. The lowest BCUT2D eigenvalue weighted by molar-refractivity contribution is -0.113. The van der Waals surface area contributed by atoms with Gasteiger partial charge >= 0.3 is 6.09 Å². The number of hydrogen-bond donors (Lipinski definition) is 1. The molecule has 0 atom stereocenters. The lowest BCUT2D eigenvalue weighted by Gasteiger charge is -2.32. The summed E-state index contributed by atoms with van der Waals surface area (Å²) in [6.45, 7) is 5.46. The van der Waals surface area contributed by atoms with Crippen LogP contribution in [0.1, 0.15) is 41.0 Å². The molecule has 1 rings (SSSR count). The van der Waals surface area contributed by atoms with E-state index in [4.69, 9.17) is 4.74 Å². The maximum absolute atomic E-state index is 11.2. The first-order valence-corrected chi connectivity index (χ1v) is 4.85. The number of carbonyl (C=O) groups excluding carboxylic acids is 2. The van der Waals surface area contributed by atoms with Gasteiger partial charge in [0.2, 0.25) is 0 Å². The van der Waals surface area contributed by atoms with Gasteiger partial charge in [-0.2, -0.15) is 0 Å². The average molecular weight is 215 g/mol. The SMILES string of the molecule is C.CC(C)(C)OC(=O)NC1CC(C=O)C1. The highest BCUT2D eigenvalue weighted by atomic mass is 16.6. The summed E-state index contributed by atoms with van der Waals surface area (Å²) >= 11 is 0. The minimum absolute atomic E-state index is 0. The van der Waals surface area contributed by atoms with E-state index >= 15 is 0 Å². The van der Waals surface area contributed by atoms with Gasteiger partial charge in [-0.05, 0) is 33.6 Å². The van der Waals surface area contributed by atoms with Gasteiger partial charge in [0, 0.05) is 12.0 Å². The molecule has 0 spiro atoms. The Morgan fingerprint density at radius 2 is 1.93 bits per heavy atom. The van der Waals surface area contributed by atoms with Crippen molar-refractivity contribution >= 4 is 12.4 Å². The van der Waals surface area contributed by atoms with Crippen molar-refractivity contribution in [2.24, 2.45) is 5.92 Å². The Balaban J connectivity index is 0.00000196. The van der Waals surface area contributed by atoms with Crippen LogP contribution in [-0.4, -0.2) is 24.0 Å². The third-order valence-electron chi connectivity index (χ3n) is 2.09. The van der Waals surface area contributed by atoms with Crippen molar-refractivity contribution < 1.29 is 14.3 Å². The Morgan fingerprint density at radius 1 is 1.40 bits per heavy atom. The largest absolute Gasteiger partial charge is 0.444 e. The molecule has 4 nitrogen and oxygen atoms in total. The molecular formula is C11H21NO3. The van der Waals surface area contributed by atoms with Gasteiger partial charge in [0.25, 0.3) is 0 Å². The molecule has 15 heavy (non-hydrogen) atoms. The van der Waals surface area contributed by atoms with E-state index in [0.29, 0.717) is 0 Å². The highest BCUT2D eigenvalue weighted by molar-refractivity contribution is 5.68. The molecule has 0 aromatic rings. The van der Waals surface area contributed by atoms with Crippen LogP contribution in [0.25, 0.3) is 0 Å². The number of alkyl carbamates (subject to hydrolysis) is 1. The molecule has 0 bridgehead atoms. The first-order chi connectivity index (χ1) is 6.40. The Hall–Kier alpha value is -1.06. The number of amides is 1. The van der Waals surface area contributed by atoms with Crippen molar-refractivity contribution in [1.29, 1.82) is 0 Å². The number of ether oxygens (including phenoxy) is 1. The zero-order chi connectivity index (χ0) is 10.8. The normalized spacial score (nSPS) is 24.5. The Labute approximate surface area is 91.4 Å². The lowest BCUT2D eigenvalue weighted by Crippen LogP contribution is -2.46. The summed E-state index contributed by atoms with van der Waals surface area (Å²) in [5, 5.41) is 2.72. The van der Waals surface area contributed by atoms with Crippen molar-refractivity contribution in [1.82, 2.24) is 5.32 Å². The van der Waals surface area contributed by atoms with Crippen LogP contribution in [-0.2, 0) is 9.53 Å². The van der Waals surface area contributed by atoms with Crippen LogP contribution in [0.4, 0.5) is 4.79 Å². The minimum Gasteiger partial charge on any atom is -0.444 e. The molecule has 1 amide bonds. The zero-order valence-electron chi connectivity index (χ0n) is 8.87. The van der Waals surface area contributed by atoms with E-state index in [1.807, 2.05) is 20.8 Å². The molecule has 0 radical (unpaired) electrons. The molecule has 4 heteroatoms. The van der Waals surface area contributed by atoms with E-state index in [1.165, 1.54) is 0 Å². The molecule has 88 valence electrons. The van der Waals surface area contributed by atoms with E-state index in [9.17, 15) is 9.59 Å². The van der Waals surface area contributed by atoms with Crippen molar-refractivity contribution in [3.8, 4) is 0 Å². The van der Waals surface area contributed by atoms with Crippen molar-refractivity contribution in [2.75, 3.05) is 0 Å². The number of hydrogen-bond acceptors (Lipinski definition) is 3. The van der Waals surface area contributed by atoms with E-state index < -0.39 is 11.7 Å². The monoisotopic (exact) mass is 215 g/mol. The summed E-state index contributed by atoms with van der Waals surface area (Å²) in [4.78, 5) is 21.5. The van der Waals surface area contributed by atoms with E-state index in [0.717, 1.165) is 19.1 Å². The second-order valence-electron chi connectivity index (χ2n) is 4.71. The summed E-state index contributed by atoms with van der Waals surface area (Å²) in [5.41, 5.74) is -0.460. The van der Waals surface area contributed by atoms with E-state index in [1.54, 1.807) is 0 Å². The summed E-state index contributed by atoms with van der Waals surface area (Å²) in [6, 6.07) is 0.111. The minimum atomic E-state index is -0.460. The van der Waals surface area contributed by atoms with Gasteiger partial charge in [-0.1, -0.05) is 7.43 Å². The molecule has 0 aromatic heterocycles. The van der Waals surface area contributed by atoms with Crippen LogP contribution in [0.5, 0.6) is 0 Å². The topological polar surface area (TPSA) is 55.4 Å². The number of aldehydes is 1. The van der Waals surface area contributed by atoms with Crippen molar-refractivity contribution in [2.45, 2.75) is 52.7 Å². The molecule has 0 saturated heterocycles. The van der Waals surface area contributed by atoms with Crippen molar-refractivity contribution in [3.63, 3.8) is 0 Å². The Bertz CT molecular complexity index is 226. The predicted molar refractivity (Wildman–Crippen MR) is 58.7 cm³/mol. The number of carbonyl (C=O) groups is 2. The fourth-order valence-corrected chi connectivity index (χ4v) is 1.37. The molecule has 0 aliphatic heterocycles. The highest BCUT2D eigenvalue weighted by Crippen LogP contribution is 2.25. The van der Waals surface area contributed by atoms with Crippen LogP contribution < -0.4 is 5.32 Å². The first-order valence-electron chi connectivity index (χ1n) is 4.85. The van der Waals surface area contributed by atoms with Gasteiger partial charge in [-0.3, -0.25) is 0 Å². The third-order valence-corrected chi connectivity index (χ3v) is 2.09. The van der Waals surface area contributed by atoms with Crippen LogP contribution in [0.2, 0.25) is 0 Å². The van der Waals surface area contributed by atoms with Crippen LogP contribution in [0.15, 0.2) is 0 Å².